The number of anilines is 2. The van der Waals surface area contributed by atoms with Crippen molar-refractivity contribution in [3.8, 4) is 0 Å². The minimum Gasteiger partial charge on any atom is -0.375 e. The lowest BCUT2D eigenvalue weighted by atomic mass is 10.1. The standard InChI is InChI=1S/C21H28N4O5S/c1-16-11-12-19(25(27)28)15-20(16)24(31(4,29)30)17(2)21(26)22-13-8-14-23(3)18-9-6-5-7-10-18/h5-7,9-12,15,17H,8,13-14H2,1-4H3,(H,22,26)/t17-/m1/s1. The first-order chi connectivity index (χ1) is 14.5. The summed E-state index contributed by atoms with van der Waals surface area (Å²) in [7, 11) is -1.91. The molecule has 0 fully saturated rings. The van der Waals surface area contributed by atoms with Crippen LogP contribution in [0.5, 0.6) is 0 Å². The Kier molecular flexibility index (Phi) is 7.98. The normalized spacial score (nSPS) is 12.1. The minimum atomic E-state index is -3.87. The summed E-state index contributed by atoms with van der Waals surface area (Å²) in [5.74, 6) is -0.473. The fraction of sp³-hybridized carbons (Fsp3) is 0.381. The number of non-ortho nitro benzene ring substituents is 1. The maximum Gasteiger partial charge on any atom is 0.271 e. The molecule has 1 amide bonds. The molecule has 0 saturated heterocycles. The first-order valence-electron chi connectivity index (χ1n) is 9.80. The molecule has 31 heavy (non-hydrogen) atoms. The van der Waals surface area contributed by atoms with Crippen LogP contribution < -0.4 is 14.5 Å². The van der Waals surface area contributed by atoms with Gasteiger partial charge in [-0.05, 0) is 38.0 Å². The summed E-state index contributed by atoms with van der Waals surface area (Å²) in [5, 5.41) is 13.9. The molecule has 0 aliphatic heterocycles. The van der Waals surface area contributed by atoms with Crippen molar-refractivity contribution >= 4 is 33.0 Å². The molecule has 168 valence electrons. The van der Waals surface area contributed by atoms with Crippen LogP contribution in [-0.4, -0.2) is 51.7 Å². The van der Waals surface area contributed by atoms with Gasteiger partial charge >= 0.3 is 0 Å². The van der Waals surface area contributed by atoms with Crippen LogP contribution in [0.25, 0.3) is 0 Å². The maximum absolute atomic E-state index is 12.7. The third-order valence-electron chi connectivity index (χ3n) is 4.90. The molecule has 0 aliphatic rings. The average Bonchev–Trinajstić information content (AvgIpc) is 2.71. The van der Waals surface area contributed by atoms with Crippen molar-refractivity contribution in [1.29, 1.82) is 0 Å². The number of nitro groups is 1. The van der Waals surface area contributed by atoms with Gasteiger partial charge in [0.05, 0.1) is 16.9 Å². The number of amides is 1. The monoisotopic (exact) mass is 448 g/mol. The van der Waals surface area contributed by atoms with Gasteiger partial charge in [0.15, 0.2) is 0 Å². The Hall–Kier alpha value is -3.14. The van der Waals surface area contributed by atoms with E-state index in [0.29, 0.717) is 25.1 Å². The van der Waals surface area contributed by atoms with E-state index in [2.05, 4.69) is 10.2 Å². The number of carbonyl (C=O) groups is 1. The quantitative estimate of drug-likeness (QED) is 0.340. The van der Waals surface area contributed by atoms with Crippen LogP contribution in [-0.2, 0) is 14.8 Å². The van der Waals surface area contributed by atoms with E-state index in [1.54, 1.807) is 6.92 Å². The van der Waals surface area contributed by atoms with Gasteiger partial charge < -0.3 is 10.2 Å². The Balaban J connectivity index is 2.07. The Morgan fingerprint density at radius 2 is 1.84 bits per heavy atom. The van der Waals surface area contributed by atoms with Gasteiger partial charge in [0.1, 0.15) is 6.04 Å². The van der Waals surface area contributed by atoms with Gasteiger partial charge in [0.2, 0.25) is 15.9 Å². The summed E-state index contributed by atoms with van der Waals surface area (Å²) in [6.45, 7) is 4.18. The van der Waals surface area contributed by atoms with Gasteiger partial charge in [0.25, 0.3) is 5.69 Å². The number of para-hydroxylation sites is 1. The molecular formula is C21H28N4O5S. The fourth-order valence-corrected chi connectivity index (χ4v) is 4.44. The number of hydrogen-bond acceptors (Lipinski definition) is 6. The highest BCUT2D eigenvalue weighted by Crippen LogP contribution is 2.29. The zero-order valence-corrected chi connectivity index (χ0v) is 18.9. The van der Waals surface area contributed by atoms with Crippen LogP contribution in [0.4, 0.5) is 17.1 Å². The van der Waals surface area contributed by atoms with Gasteiger partial charge in [-0.15, -0.1) is 0 Å². The number of rotatable bonds is 10. The Morgan fingerprint density at radius 3 is 2.42 bits per heavy atom. The van der Waals surface area contributed by atoms with Crippen LogP contribution in [0.2, 0.25) is 0 Å². The van der Waals surface area contributed by atoms with E-state index < -0.39 is 26.9 Å². The van der Waals surface area contributed by atoms with Gasteiger partial charge in [-0.3, -0.25) is 19.2 Å². The highest BCUT2D eigenvalue weighted by Gasteiger charge is 2.31. The molecule has 0 spiro atoms. The lowest BCUT2D eigenvalue weighted by molar-refractivity contribution is -0.384. The molecule has 1 N–H and O–H groups in total. The summed E-state index contributed by atoms with van der Waals surface area (Å²) in [5.41, 5.74) is 1.45. The first kappa shape index (κ1) is 24.1. The molecule has 2 rings (SSSR count). The molecule has 0 radical (unpaired) electrons. The van der Waals surface area contributed by atoms with Gasteiger partial charge in [-0.25, -0.2) is 8.42 Å². The predicted octanol–water partition coefficient (Wildman–Crippen LogP) is 2.70. The number of nitro benzene ring substituents is 1. The smallest absolute Gasteiger partial charge is 0.271 e. The van der Waals surface area contributed by atoms with Crippen molar-refractivity contribution < 1.29 is 18.1 Å². The van der Waals surface area contributed by atoms with Crippen molar-refractivity contribution in [2.75, 3.05) is 35.6 Å². The van der Waals surface area contributed by atoms with Crippen LogP contribution in [0.15, 0.2) is 48.5 Å². The van der Waals surface area contributed by atoms with E-state index in [-0.39, 0.29) is 11.4 Å². The number of carbonyl (C=O) groups excluding carboxylic acids is 1. The van der Waals surface area contributed by atoms with E-state index in [1.807, 2.05) is 37.4 Å². The average molecular weight is 449 g/mol. The summed E-state index contributed by atoms with van der Waals surface area (Å²) in [6.07, 6.45) is 1.64. The van der Waals surface area contributed by atoms with Gasteiger partial charge in [-0.1, -0.05) is 24.3 Å². The number of benzene rings is 2. The van der Waals surface area contributed by atoms with E-state index >= 15 is 0 Å². The fourth-order valence-electron chi connectivity index (χ4n) is 3.22. The number of aryl methyl sites for hydroxylation is 1. The second kappa shape index (κ2) is 10.3. The molecule has 0 aliphatic carbocycles. The second-order valence-corrected chi connectivity index (χ2v) is 9.22. The number of nitrogens with one attached hydrogen (secondary N) is 1. The largest absolute Gasteiger partial charge is 0.375 e. The van der Waals surface area contributed by atoms with E-state index in [4.69, 9.17) is 0 Å². The highest BCUT2D eigenvalue weighted by atomic mass is 32.2. The first-order valence-corrected chi connectivity index (χ1v) is 11.7. The summed E-state index contributed by atoms with van der Waals surface area (Å²) >= 11 is 0. The zero-order chi connectivity index (χ0) is 23.2. The minimum absolute atomic E-state index is 0.114. The van der Waals surface area contributed by atoms with Gasteiger partial charge in [-0.2, -0.15) is 0 Å². The maximum atomic E-state index is 12.7. The second-order valence-electron chi connectivity index (χ2n) is 7.36. The van der Waals surface area contributed by atoms with Crippen LogP contribution in [0, 0.1) is 17.0 Å². The Morgan fingerprint density at radius 1 is 1.19 bits per heavy atom. The topological polar surface area (TPSA) is 113 Å². The van der Waals surface area contributed by atoms with Gasteiger partial charge in [0, 0.05) is 38.0 Å². The molecular weight excluding hydrogens is 420 g/mol. The van der Waals surface area contributed by atoms with Crippen molar-refractivity contribution in [1.82, 2.24) is 5.32 Å². The third kappa shape index (κ3) is 6.42. The number of nitrogens with zero attached hydrogens (tertiary/aromatic N) is 3. The predicted molar refractivity (Wildman–Crippen MR) is 122 cm³/mol. The molecule has 10 heteroatoms. The van der Waals surface area contributed by atoms with Crippen LogP contribution in [0.1, 0.15) is 18.9 Å². The molecule has 1 atom stereocenters. The lowest BCUT2D eigenvalue weighted by Crippen LogP contribution is -2.48. The molecule has 2 aromatic carbocycles. The van der Waals surface area contributed by atoms with Crippen LogP contribution in [0.3, 0.4) is 0 Å². The van der Waals surface area contributed by atoms with Crippen molar-refractivity contribution in [3.63, 3.8) is 0 Å². The number of hydrogen-bond donors (Lipinski definition) is 1. The van der Waals surface area contributed by atoms with E-state index in [0.717, 1.165) is 16.2 Å². The third-order valence-corrected chi connectivity index (χ3v) is 6.12. The van der Waals surface area contributed by atoms with E-state index in [9.17, 15) is 23.3 Å². The van der Waals surface area contributed by atoms with Crippen LogP contribution >= 0.6 is 0 Å². The molecule has 0 unspecified atom stereocenters. The van der Waals surface area contributed by atoms with Crippen molar-refractivity contribution in [2.24, 2.45) is 0 Å². The Bertz CT molecular complexity index is 1030. The van der Waals surface area contributed by atoms with E-state index in [1.165, 1.54) is 25.1 Å². The summed E-state index contributed by atoms with van der Waals surface area (Å²) < 4.78 is 25.8. The molecule has 0 bridgehead atoms. The molecule has 0 saturated carbocycles. The molecule has 0 heterocycles. The molecule has 2 aromatic rings. The SMILES string of the molecule is Cc1ccc([N+](=O)[O-])cc1N([C@H](C)C(=O)NCCCN(C)c1ccccc1)S(C)(=O)=O. The zero-order valence-electron chi connectivity index (χ0n) is 18.1. The lowest BCUT2D eigenvalue weighted by Gasteiger charge is -2.29. The molecule has 9 nitrogen and oxygen atoms in total. The summed E-state index contributed by atoms with van der Waals surface area (Å²) in [4.78, 5) is 25.3. The highest BCUT2D eigenvalue weighted by molar-refractivity contribution is 7.92. The number of sulfonamides is 1. The summed E-state index contributed by atoms with van der Waals surface area (Å²) in [6, 6.07) is 12.7. The Labute approximate surface area is 182 Å². The molecule has 0 aromatic heterocycles. The van der Waals surface area contributed by atoms with Crippen molar-refractivity contribution in [3.05, 3.63) is 64.2 Å². The van der Waals surface area contributed by atoms with Crippen molar-refractivity contribution in [2.45, 2.75) is 26.3 Å².